The minimum atomic E-state index is 0.514. The number of hydrogen-bond donors (Lipinski definition) is 1. The second-order valence-electron chi connectivity index (χ2n) is 6.44. The monoisotopic (exact) mass is 270 g/mol. The SMILES string of the molecule is CC1(C)CCC(Nc2ccc(-n3cccn3)nc2)CC1. The summed E-state index contributed by atoms with van der Waals surface area (Å²) in [6.07, 6.45) is 10.6. The average molecular weight is 270 g/mol. The van der Waals surface area contributed by atoms with Crippen LogP contribution < -0.4 is 5.32 Å². The Balaban J connectivity index is 1.61. The van der Waals surface area contributed by atoms with Gasteiger partial charge in [-0.2, -0.15) is 5.10 Å². The first-order valence-electron chi connectivity index (χ1n) is 7.35. The Labute approximate surface area is 120 Å². The van der Waals surface area contributed by atoms with Crippen molar-refractivity contribution in [3.8, 4) is 5.82 Å². The smallest absolute Gasteiger partial charge is 0.153 e. The zero-order chi connectivity index (χ0) is 14.0. The van der Waals surface area contributed by atoms with E-state index in [1.54, 1.807) is 10.9 Å². The fraction of sp³-hybridized carbons (Fsp3) is 0.500. The third-order valence-corrected chi connectivity index (χ3v) is 4.20. The van der Waals surface area contributed by atoms with E-state index in [2.05, 4.69) is 35.3 Å². The number of nitrogens with zero attached hydrogens (tertiary/aromatic N) is 3. The molecule has 4 nitrogen and oxygen atoms in total. The van der Waals surface area contributed by atoms with Gasteiger partial charge in [-0.15, -0.1) is 0 Å². The topological polar surface area (TPSA) is 42.7 Å². The van der Waals surface area contributed by atoms with Crippen LogP contribution in [0.2, 0.25) is 0 Å². The summed E-state index contributed by atoms with van der Waals surface area (Å²) in [6, 6.07) is 6.57. The van der Waals surface area contributed by atoms with Crippen LogP contribution in [0, 0.1) is 5.41 Å². The van der Waals surface area contributed by atoms with Gasteiger partial charge in [0, 0.05) is 18.4 Å². The Morgan fingerprint density at radius 1 is 1.25 bits per heavy atom. The molecule has 1 fully saturated rings. The van der Waals surface area contributed by atoms with Crippen LogP contribution in [0.15, 0.2) is 36.8 Å². The minimum Gasteiger partial charge on any atom is -0.381 e. The van der Waals surface area contributed by atoms with E-state index < -0.39 is 0 Å². The van der Waals surface area contributed by atoms with Crippen LogP contribution in [0.3, 0.4) is 0 Å². The zero-order valence-corrected chi connectivity index (χ0v) is 12.2. The molecule has 0 saturated heterocycles. The van der Waals surface area contributed by atoms with Crippen molar-refractivity contribution in [1.29, 1.82) is 0 Å². The molecule has 1 aliphatic carbocycles. The van der Waals surface area contributed by atoms with E-state index in [0.29, 0.717) is 11.5 Å². The van der Waals surface area contributed by atoms with Gasteiger partial charge in [0.1, 0.15) is 0 Å². The maximum absolute atomic E-state index is 4.45. The van der Waals surface area contributed by atoms with Gasteiger partial charge in [-0.1, -0.05) is 13.8 Å². The molecule has 1 N–H and O–H groups in total. The van der Waals surface area contributed by atoms with Crippen molar-refractivity contribution in [2.24, 2.45) is 5.41 Å². The molecule has 3 rings (SSSR count). The highest BCUT2D eigenvalue weighted by Gasteiger charge is 2.26. The third kappa shape index (κ3) is 3.00. The van der Waals surface area contributed by atoms with Gasteiger partial charge in [0.05, 0.1) is 11.9 Å². The van der Waals surface area contributed by atoms with Gasteiger partial charge < -0.3 is 5.32 Å². The molecule has 0 aromatic carbocycles. The van der Waals surface area contributed by atoms with E-state index >= 15 is 0 Å². The van der Waals surface area contributed by atoms with E-state index in [4.69, 9.17) is 0 Å². The summed E-state index contributed by atoms with van der Waals surface area (Å²) in [5.74, 6) is 0.852. The summed E-state index contributed by atoms with van der Waals surface area (Å²) in [6.45, 7) is 4.73. The molecule has 106 valence electrons. The lowest BCUT2D eigenvalue weighted by atomic mass is 9.75. The lowest BCUT2D eigenvalue weighted by Gasteiger charge is -2.35. The quantitative estimate of drug-likeness (QED) is 0.925. The molecule has 0 atom stereocenters. The Morgan fingerprint density at radius 3 is 2.65 bits per heavy atom. The molecule has 0 radical (unpaired) electrons. The van der Waals surface area contributed by atoms with E-state index in [1.165, 1.54) is 25.7 Å². The largest absolute Gasteiger partial charge is 0.381 e. The average Bonchev–Trinajstić information content (AvgIpc) is 2.96. The summed E-state index contributed by atoms with van der Waals surface area (Å²) in [5.41, 5.74) is 1.62. The van der Waals surface area contributed by atoms with Crippen LogP contribution >= 0.6 is 0 Å². The highest BCUT2D eigenvalue weighted by Crippen LogP contribution is 2.36. The number of nitrogens with one attached hydrogen (secondary N) is 1. The van der Waals surface area contributed by atoms with Crippen LogP contribution in [0.1, 0.15) is 39.5 Å². The minimum absolute atomic E-state index is 0.514. The first-order chi connectivity index (χ1) is 9.62. The second kappa shape index (κ2) is 5.27. The number of pyridine rings is 1. The summed E-state index contributed by atoms with van der Waals surface area (Å²) < 4.78 is 1.77. The van der Waals surface area contributed by atoms with Gasteiger partial charge in [-0.25, -0.2) is 9.67 Å². The standard InChI is InChI=1S/C16H22N4/c1-16(2)8-6-13(7-9-16)19-14-4-5-15(17-12-14)20-11-3-10-18-20/h3-5,10-13,19H,6-9H2,1-2H3. The van der Waals surface area contributed by atoms with Gasteiger partial charge in [0.2, 0.25) is 0 Å². The van der Waals surface area contributed by atoms with Gasteiger partial charge in [-0.05, 0) is 49.3 Å². The van der Waals surface area contributed by atoms with Crippen molar-refractivity contribution in [3.05, 3.63) is 36.8 Å². The lowest BCUT2D eigenvalue weighted by Crippen LogP contribution is -2.29. The van der Waals surface area contributed by atoms with Gasteiger partial charge in [0.15, 0.2) is 5.82 Å². The Kier molecular flexibility index (Phi) is 3.47. The van der Waals surface area contributed by atoms with E-state index in [1.807, 2.05) is 24.5 Å². The molecule has 2 aromatic rings. The maximum Gasteiger partial charge on any atom is 0.153 e. The zero-order valence-electron chi connectivity index (χ0n) is 12.2. The van der Waals surface area contributed by atoms with Crippen molar-refractivity contribution >= 4 is 5.69 Å². The summed E-state index contributed by atoms with van der Waals surface area (Å²) in [4.78, 5) is 4.45. The second-order valence-corrected chi connectivity index (χ2v) is 6.44. The number of rotatable bonds is 3. The van der Waals surface area contributed by atoms with E-state index in [0.717, 1.165) is 11.5 Å². The molecule has 20 heavy (non-hydrogen) atoms. The van der Waals surface area contributed by atoms with Crippen LogP contribution in [0.4, 0.5) is 5.69 Å². The predicted molar refractivity (Wildman–Crippen MR) is 81.0 cm³/mol. The van der Waals surface area contributed by atoms with Gasteiger partial charge in [-0.3, -0.25) is 0 Å². The molecular weight excluding hydrogens is 248 g/mol. The molecule has 0 aliphatic heterocycles. The van der Waals surface area contributed by atoms with E-state index in [-0.39, 0.29) is 0 Å². The molecule has 1 saturated carbocycles. The maximum atomic E-state index is 4.45. The summed E-state index contributed by atoms with van der Waals surface area (Å²) in [7, 11) is 0. The molecule has 0 amide bonds. The Morgan fingerprint density at radius 2 is 2.05 bits per heavy atom. The molecule has 4 heteroatoms. The molecule has 0 unspecified atom stereocenters. The highest BCUT2D eigenvalue weighted by molar-refractivity contribution is 5.44. The Bertz CT molecular complexity index is 532. The fourth-order valence-electron chi connectivity index (χ4n) is 2.79. The molecule has 0 bridgehead atoms. The van der Waals surface area contributed by atoms with Crippen molar-refractivity contribution in [2.75, 3.05) is 5.32 Å². The van der Waals surface area contributed by atoms with Gasteiger partial charge in [0.25, 0.3) is 0 Å². The predicted octanol–water partition coefficient (Wildman–Crippen LogP) is 3.65. The fourth-order valence-corrected chi connectivity index (χ4v) is 2.79. The molecule has 2 heterocycles. The first-order valence-corrected chi connectivity index (χ1v) is 7.35. The van der Waals surface area contributed by atoms with Crippen LogP contribution in [-0.2, 0) is 0 Å². The van der Waals surface area contributed by atoms with Crippen LogP contribution in [-0.4, -0.2) is 20.8 Å². The first kappa shape index (κ1) is 13.2. The van der Waals surface area contributed by atoms with Crippen molar-refractivity contribution in [3.63, 3.8) is 0 Å². The Hall–Kier alpha value is -1.84. The van der Waals surface area contributed by atoms with Crippen molar-refractivity contribution < 1.29 is 0 Å². The summed E-state index contributed by atoms with van der Waals surface area (Å²) in [5, 5.41) is 7.78. The highest BCUT2D eigenvalue weighted by atomic mass is 15.3. The van der Waals surface area contributed by atoms with Crippen LogP contribution in [0.5, 0.6) is 0 Å². The van der Waals surface area contributed by atoms with E-state index in [9.17, 15) is 0 Å². The van der Waals surface area contributed by atoms with Gasteiger partial charge >= 0.3 is 0 Å². The molecule has 1 aliphatic rings. The number of hydrogen-bond acceptors (Lipinski definition) is 3. The summed E-state index contributed by atoms with van der Waals surface area (Å²) >= 11 is 0. The normalized spacial score (nSPS) is 18.9. The number of anilines is 1. The molecular formula is C16H22N4. The number of aromatic nitrogens is 3. The molecule has 2 aromatic heterocycles. The van der Waals surface area contributed by atoms with Crippen molar-refractivity contribution in [2.45, 2.75) is 45.6 Å². The van der Waals surface area contributed by atoms with Crippen LogP contribution in [0.25, 0.3) is 5.82 Å². The molecule has 0 spiro atoms. The lowest BCUT2D eigenvalue weighted by molar-refractivity contribution is 0.232. The van der Waals surface area contributed by atoms with Crippen molar-refractivity contribution in [1.82, 2.24) is 14.8 Å². The third-order valence-electron chi connectivity index (χ3n) is 4.20.